The summed E-state index contributed by atoms with van der Waals surface area (Å²) in [7, 11) is 1.32. The van der Waals surface area contributed by atoms with E-state index in [0.717, 1.165) is 60.7 Å². The number of para-hydroxylation sites is 1. The Balaban J connectivity index is 1.07. The molecule has 0 radical (unpaired) electrons. The Kier molecular flexibility index (Phi) is 7.49. The third-order valence-electron chi connectivity index (χ3n) is 11.8. The molecule has 0 aliphatic heterocycles. The van der Waals surface area contributed by atoms with E-state index >= 15 is 0 Å². The molecule has 0 unspecified atom stereocenters. The van der Waals surface area contributed by atoms with Crippen LogP contribution in [0.5, 0.6) is 0 Å². The van der Waals surface area contributed by atoms with Gasteiger partial charge < -0.3 is 25.0 Å². The summed E-state index contributed by atoms with van der Waals surface area (Å²) in [6.45, 7) is 6.57. The summed E-state index contributed by atoms with van der Waals surface area (Å²) in [5.74, 6) is 0.999. The number of carbonyl (C=O) groups excluding carboxylic acids is 2. The predicted molar refractivity (Wildman–Crippen MR) is 162 cm³/mol. The van der Waals surface area contributed by atoms with E-state index in [4.69, 9.17) is 9.57 Å². The number of aliphatic hydroxyl groups is 1. The maximum atomic E-state index is 12.8. The molecule has 3 N–H and O–H groups in total. The molecule has 4 aliphatic rings. The second kappa shape index (κ2) is 10.9. The average Bonchev–Trinajstić information content (AvgIpc) is 3.49. The third kappa shape index (κ3) is 4.85. The van der Waals surface area contributed by atoms with E-state index in [9.17, 15) is 14.7 Å². The van der Waals surface area contributed by atoms with E-state index in [-0.39, 0.29) is 17.4 Å². The smallest absolute Gasteiger partial charge is 0.328 e. The zero-order valence-electron chi connectivity index (χ0n) is 25.4. The quantitative estimate of drug-likeness (QED) is 0.300. The molecule has 0 bridgehead atoms. The molecule has 6 rings (SSSR count). The first-order valence-corrected chi connectivity index (χ1v) is 15.6. The van der Waals surface area contributed by atoms with Crippen molar-refractivity contribution in [1.29, 1.82) is 0 Å². The van der Waals surface area contributed by atoms with Gasteiger partial charge in [0.1, 0.15) is 6.04 Å². The van der Waals surface area contributed by atoms with Crippen molar-refractivity contribution < 1.29 is 24.3 Å². The van der Waals surface area contributed by atoms with Crippen molar-refractivity contribution in [3.63, 3.8) is 0 Å². The van der Waals surface area contributed by atoms with Gasteiger partial charge >= 0.3 is 5.97 Å². The van der Waals surface area contributed by atoms with Crippen LogP contribution in [0.3, 0.4) is 0 Å². The summed E-state index contributed by atoms with van der Waals surface area (Å²) < 4.78 is 4.96. The summed E-state index contributed by atoms with van der Waals surface area (Å²) in [5, 5.41) is 19.3. The molecule has 1 amide bonds. The van der Waals surface area contributed by atoms with Crippen LogP contribution in [0.1, 0.15) is 77.7 Å². The second-order valence-electron chi connectivity index (χ2n) is 13.8. The number of hydrogen-bond acceptors (Lipinski definition) is 6. The molecule has 0 spiro atoms. The summed E-state index contributed by atoms with van der Waals surface area (Å²) in [5.41, 5.74) is 3.87. The van der Waals surface area contributed by atoms with Gasteiger partial charge in [-0.15, -0.1) is 0 Å². The van der Waals surface area contributed by atoms with Crippen LogP contribution in [-0.2, 0) is 25.6 Å². The van der Waals surface area contributed by atoms with Crippen molar-refractivity contribution in [2.24, 2.45) is 33.7 Å². The van der Waals surface area contributed by atoms with Crippen molar-refractivity contribution in [2.75, 3.05) is 13.7 Å². The molecule has 2 aromatic rings. The van der Waals surface area contributed by atoms with E-state index in [0.29, 0.717) is 24.2 Å². The molecule has 3 fully saturated rings. The van der Waals surface area contributed by atoms with Crippen molar-refractivity contribution in [2.45, 2.75) is 90.2 Å². The van der Waals surface area contributed by atoms with Gasteiger partial charge in [-0.05, 0) is 105 Å². The SMILES string of the molecule is COC(=O)[C@H](Cc1c[nH]c2ccccc12)NC(=O)CO/N=C1\C=C2CC[C@H]3[C@@H](CC[C@@]4(C)[C@@H]3CC[C@]4(C)O)[C@@]2(C)CC1. The number of hydrogen-bond donors (Lipinski definition) is 3. The Morgan fingerprint density at radius 3 is 2.69 bits per heavy atom. The van der Waals surface area contributed by atoms with Gasteiger partial charge in [-0.1, -0.05) is 42.8 Å². The Hall–Kier alpha value is -3.13. The van der Waals surface area contributed by atoms with Crippen molar-refractivity contribution >= 4 is 28.5 Å². The number of H-pyrrole nitrogens is 1. The summed E-state index contributed by atoms with van der Waals surface area (Å²) in [6, 6.07) is 7.02. The third-order valence-corrected chi connectivity index (χ3v) is 11.8. The molecule has 3 saturated carbocycles. The maximum absolute atomic E-state index is 12.8. The molecule has 0 saturated heterocycles. The van der Waals surface area contributed by atoms with Crippen molar-refractivity contribution in [3.8, 4) is 0 Å². The minimum Gasteiger partial charge on any atom is -0.467 e. The number of oxime groups is 1. The molecular weight excluding hydrogens is 530 g/mol. The normalized spacial score (nSPS) is 35.5. The predicted octanol–water partition coefficient (Wildman–Crippen LogP) is 5.45. The van der Waals surface area contributed by atoms with Gasteiger partial charge in [-0.2, -0.15) is 0 Å². The van der Waals surface area contributed by atoms with Crippen LogP contribution in [0.2, 0.25) is 0 Å². The van der Waals surface area contributed by atoms with Gasteiger partial charge in [-0.25, -0.2) is 4.79 Å². The van der Waals surface area contributed by atoms with E-state index in [1.54, 1.807) is 0 Å². The molecule has 8 nitrogen and oxygen atoms in total. The van der Waals surface area contributed by atoms with Crippen LogP contribution in [0.25, 0.3) is 10.9 Å². The van der Waals surface area contributed by atoms with E-state index in [1.807, 2.05) is 30.5 Å². The van der Waals surface area contributed by atoms with Crippen LogP contribution in [0, 0.1) is 28.6 Å². The van der Waals surface area contributed by atoms with Gasteiger partial charge in [0.25, 0.3) is 5.91 Å². The van der Waals surface area contributed by atoms with Gasteiger partial charge in [0.05, 0.1) is 18.4 Å². The highest BCUT2D eigenvalue weighted by Crippen LogP contribution is 2.67. The number of allylic oxidation sites excluding steroid dienone is 2. The minimum absolute atomic E-state index is 0.0315. The molecule has 4 aliphatic carbocycles. The monoisotopic (exact) mass is 575 g/mol. The molecule has 8 heteroatoms. The fourth-order valence-electron chi connectivity index (χ4n) is 9.15. The van der Waals surface area contributed by atoms with Crippen LogP contribution in [-0.4, -0.2) is 53.0 Å². The minimum atomic E-state index is -0.827. The molecule has 226 valence electrons. The van der Waals surface area contributed by atoms with Gasteiger partial charge in [0.15, 0.2) is 6.61 Å². The lowest BCUT2D eigenvalue weighted by Crippen LogP contribution is -2.53. The summed E-state index contributed by atoms with van der Waals surface area (Å²) in [6.07, 6.45) is 12.8. The van der Waals surface area contributed by atoms with E-state index in [2.05, 4.69) is 42.3 Å². The zero-order valence-corrected chi connectivity index (χ0v) is 25.4. The number of ether oxygens (including phenoxy) is 1. The molecule has 1 heterocycles. The first-order chi connectivity index (χ1) is 20.1. The summed E-state index contributed by atoms with van der Waals surface area (Å²) in [4.78, 5) is 33.9. The number of nitrogens with one attached hydrogen (secondary N) is 2. The number of nitrogens with zero attached hydrogens (tertiary/aromatic N) is 1. The van der Waals surface area contributed by atoms with Crippen LogP contribution >= 0.6 is 0 Å². The standard InChI is InChI=1S/C34H45N3O5/c1-32-14-11-23(18-22(32)9-10-25-26(32)12-15-33(2)27(25)13-16-34(33,3)40)37-42-20-30(38)36-29(31(39)41-4)17-21-19-35-28-8-6-5-7-24(21)28/h5-8,18-19,25-27,29,35,40H,9-17,20H2,1-4H3,(H,36,38)/b37-23-/t25-,26+,27+,29-,32-,33-,34-/m0/s1. The van der Waals surface area contributed by atoms with E-state index < -0.39 is 23.5 Å². The lowest BCUT2D eigenvalue weighted by atomic mass is 9.46. The highest BCUT2D eigenvalue weighted by Gasteiger charge is 2.62. The number of aromatic amines is 1. The van der Waals surface area contributed by atoms with Crippen LogP contribution < -0.4 is 5.32 Å². The number of methoxy groups -OCH3 is 1. The Morgan fingerprint density at radius 2 is 1.88 bits per heavy atom. The number of amides is 1. The number of aromatic nitrogens is 1. The summed E-state index contributed by atoms with van der Waals surface area (Å²) >= 11 is 0. The number of rotatable bonds is 7. The first kappa shape index (κ1) is 29.0. The highest BCUT2D eigenvalue weighted by molar-refractivity contribution is 5.96. The fraction of sp³-hybridized carbons (Fsp3) is 0.618. The topological polar surface area (TPSA) is 113 Å². The number of benzene rings is 1. The largest absolute Gasteiger partial charge is 0.467 e. The Bertz CT molecular complexity index is 1430. The van der Waals surface area contributed by atoms with Crippen LogP contribution in [0.15, 0.2) is 47.3 Å². The molecule has 7 atom stereocenters. The Morgan fingerprint density at radius 1 is 1.10 bits per heavy atom. The molecule has 42 heavy (non-hydrogen) atoms. The number of fused-ring (bicyclic) bond motifs is 6. The zero-order chi connectivity index (χ0) is 29.7. The highest BCUT2D eigenvalue weighted by atomic mass is 16.6. The van der Waals surface area contributed by atoms with Gasteiger partial charge in [0.2, 0.25) is 0 Å². The number of esters is 1. The van der Waals surface area contributed by atoms with Gasteiger partial charge in [0, 0.05) is 23.5 Å². The second-order valence-corrected chi connectivity index (χ2v) is 13.8. The fourth-order valence-corrected chi connectivity index (χ4v) is 9.15. The average molecular weight is 576 g/mol. The lowest BCUT2D eigenvalue weighted by Gasteiger charge is -2.59. The first-order valence-electron chi connectivity index (χ1n) is 15.6. The van der Waals surface area contributed by atoms with E-state index in [1.165, 1.54) is 25.5 Å². The molecular formula is C34H45N3O5. The molecule has 1 aromatic carbocycles. The lowest BCUT2D eigenvalue weighted by molar-refractivity contribution is -0.145. The maximum Gasteiger partial charge on any atom is 0.328 e. The molecule has 1 aromatic heterocycles. The van der Waals surface area contributed by atoms with Crippen molar-refractivity contribution in [3.05, 3.63) is 47.7 Å². The van der Waals surface area contributed by atoms with Gasteiger partial charge in [-0.3, -0.25) is 4.79 Å². The van der Waals surface area contributed by atoms with Crippen molar-refractivity contribution in [1.82, 2.24) is 10.3 Å². The number of carbonyl (C=O) groups is 2. The van der Waals surface area contributed by atoms with Crippen LogP contribution in [0.4, 0.5) is 0 Å². The Labute approximate surface area is 248 Å².